The summed E-state index contributed by atoms with van der Waals surface area (Å²) in [6.45, 7) is 6.19. The van der Waals surface area contributed by atoms with Crippen LogP contribution in [-0.2, 0) is 9.59 Å². The van der Waals surface area contributed by atoms with Gasteiger partial charge >= 0.3 is 0 Å². The van der Waals surface area contributed by atoms with Gasteiger partial charge < -0.3 is 20.1 Å². The topological polar surface area (TPSA) is 76.7 Å². The zero-order chi connectivity index (χ0) is 20.5. The van der Waals surface area contributed by atoms with Gasteiger partial charge in [-0.15, -0.1) is 0 Å². The van der Waals surface area contributed by atoms with Crippen LogP contribution in [0.15, 0.2) is 48.5 Å². The number of anilines is 2. The highest BCUT2D eigenvalue weighted by Gasteiger charge is 2.06. The Labute approximate surface area is 165 Å². The smallest absolute Gasteiger partial charge is 0.248 e. The fraction of sp³-hybridized carbons (Fsp3) is 0.273. The van der Waals surface area contributed by atoms with Crippen molar-refractivity contribution in [3.05, 3.63) is 54.1 Å². The number of amides is 2. The van der Waals surface area contributed by atoms with Crippen molar-refractivity contribution in [3.8, 4) is 11.5 Å². The number of methoxy groups -OCH3 is 1. The van der Waals surface area contributed by atoms with Gasteiger partial charge in [0.15, 0.2) is 11.5 Å². The number of nitrogens with one attached hydrogen (secondary N) is 2. The molecule has 6 nitrogen and oxygen atoms in total. The number of carbonyl (C=O) groups is 2. The zero-order valence-electron chi connectivity index (χ0n) is 16.6. The van der Waals surface area contributed by atoms with Crippen LogP contribution in [0.3, 0.4) is 0 Å². The Bertz CT molecular complexity index is 859. The Morgan fingerprint density at radius 3 is 2.39 bits per heavy atom. The molecule has 0 fully saturated rings. The van der Waals surface area contributed by atoms with E-state index in [9.17, 15) is 9.59 Å². The molecule has 148 valence electrons. The van der Waals surface area contributed by atoms with Gasteiger partial charge in [0.25, 0.3) is 0 Å². The van der Waals surface area contributed by atoms with Gasteiger partial charge in [-0.25, -0.2) is 0 Å². The number of ether oxygens (including phenoxy) is 2. The summed E-state index contributed by atoms with van der Waals surface area (Å²) in [6, 6.07) is 12.5. The normalized spacial score (nSPS) is 10.8. The van der Waals surface area contributed by atoms with E-state index in [-0.39, 0.29) is 11.8 Å². The van der Waals surface area contributed by atoms with Gasteiger partial charge in [-0.2, -0.15) is 0 Å². The lowest BCUT2D eigenvalue weighted by Gasteiger charge is -2.12. The first-order valence-corrected chi connectivity index (χ1v) is 9.05. The van der Waals surface area contributed by atoms with E-state index in [0.29, 0.717) is 35.4 Å². The Balaban J connectivity index is 2.02. The first kappa shape index (κ1) is 21.0. The molecule has 0 aromatic heterocycles. The van der Waals surface area contributed by atoms with Crippen molar-refractivity contribution < 1.29 is 19.1 Å². The fourth-order valence-electron chi connectivity index (χ4n) is 2.40. The maximum Gasteiger partial charge on any atom is 0.248 e. The van der Waals surface area contributed by atoms with Crippen LogP contribution in [0.4, 0.5) is 11.4 Å². The highest BCUT2D eigenvalue weighted by atomic mass is 16.5. The molecule has 0 saturated heterocycles. The van der Waals surface area contributed by atoms with Crippen LogP contribution < -0.4 is 20.1 Å². The lowest BCUT2D eigenvalue weighted by atomic mass is 10.2. The molecular weight excluding hydrogens is 356 g/mol. The maximum absolute atomic E-state index is 12.2. The van der Waals surface area contributed by atoms with Crippen molar-refractivity contribution in [1.29, 1.82) is 0 Å². The van der Waals surface area contributed by atoms with E-state index in [4.69, 9.17) is 9.47 Å². The molecular formula is C22H26N2O4. The number of rotatable bonds is 8. The Morgan fingerprint density at radius 1 is 1.04 bits per heavy atom. The molecule has 2 amide bonds. The van der Waals surface area contributed by atoms with Crippen molar-refractivity contribution in [2.45, 2.75) is 20.8 Å². The van der Waals surface area contributed by atoms with E-state index in [1.54, 1.807) is 37.5 Å². The van der Waals surface area contributed by atoms with Crippen LogP contribution in [-0.4, -0.2) is 25.5 Å². The average molecular weight is 382 g/mol. The Hall–Kier alpha value is -3.28. The Kier molecular flexibility index (Phi) is 7.63. The molecule has 28 heavy (non-hydrogen) atoms. The highest BCUT2D eigenvalue weighted by Crippen LogP contribution is 2.29. The van der Waals surface area contributed by atoms with Crippen molar-refractivity contribution >= 4 is 29.3 Å². The summed E-state index contributed by atoms with van der Waals surface area (Å²) < 4.78 is 11.1. The van der Waals surface area contributed by atoms with E-state index >= 15 is 0 Å². The molecule has 2 rings (SSSR count). The minimum Gasteiger partial charge on any atom is -0.493 e. The van der Waals surface area contributed by atoms with Crippen molar-refractivity contribution in [3.63, 3.8) is 0 Å². The molecule has 0 saturated carbocycles. The Morgan fingerprint density at radius 2 is 1.75 bits per heavy atom. The summed E-state index contributed by atoms with van der Waals surface area (Å²) >= 11 is 0. The molecule has 2 aromatic carbocycles. The van der Waals surface area contributed by atoms with Gasteiger partial charge in [-0.3, -0.25) is 9.59 Å². The molecule has 0 radical (unpaired) electrons. The summed E-state index contributed by atoms with van der Waals surface area (Å²) in [6.07, 6.45) is 3.14. The second-order valence-electron chi connectivity index (χ2n) is 6.70. The molecule has 0 heterocycles. The number of benzene rings is 2. The number of hydrogen-bond donors (Lipinski definition) is 2. The first-order valence-electron chi connectivity index (χ1n) is 9.05. The molecule has 0 atom stereocenters. The predicted molar refractivity (Wildman–Crippen MR) is 112 cm³/mol. The molecule has 0 spiro atoms. The summed E-state index contributed by atoms with van der Waals surface area (Å²) in [7, 11) is 1.58. The minimum atomic E-state index is -0.279. The molecule has 0 unspecified atom stereocenters. The third-order valence-electron chi connectivity index (χ3n) is 3.64. The largest absolute Gasteiger partial charge is 0.493 e. The van der Waals surface area contributed by atoms with Crippen LogP contribution >= 0.6 is 0 Å². The molecule has 6 heteroatoms. The summed E-state index contributed by atoms with van der Waals surface area (Å²) in [5, 5.41) is 5.44. The van der Waals surface area contributed by atoms with Crippen molar-refractivity contribution in [2.75, 3.05) is 24.4 Å². The van der Waals surface area contributed by atoms with Crippen LogP contribution in [0.5, 0.6) is 11.5 Å². The van der Waals surface area contributed by atoms with E-state index in [0.717, 1.165) is 5.56 Å². The second kappa shape index (κ2) is 10.2. The van der Waals surface area contributed by atoms with E-state index in [2.05, 4.69) is 24.5 Å². The van der Waals surface area contributed by atoms with Gasteiger partial charge in [-0.05, 0) is 47.9 Å². The van der Waals surface area contributed by atoms with Gasteiger partial charge in [-0.1, -0.05) is 26.0 Å². The summed E-state index contributed by atoms with van der Waals surface area (Å²) in [5.41, 5.74) is 2.03. The highest BCUT2D eigenvalue weighted by molar-refractivity contribution is 6.02. The third-order valence-corrected chi connectivity index (χ3v) is 3.64. The third kappa shape index (κ3) is 6.79. The molecule has 0 bridgehead atoms. The van der Waals surface area contributed by atoms with E-state index in [1.165, 1.54) is 13.0 Å². The standard InChI is InChI=1S/C22H26N2O4/c1-15(2)14-28-20-10-8-17(12-21(20)27-4)9-11-22(26)24-19-7-5-6-18(13-19)23-16(3)25/h5-13,15H,14H2,1-4H3,(H,23,25)(H,24,26)/b11-9+. The minimum absolute atomic E-state index is 0.168. The monoisotopic (exact) mass is 382 g/mol. The average Bonchev–Trinajstić information content (AvgIpc) is 2.64. The van der Waals surface area contributed by atoms with Crippen LogP contribution in [0, 0.1) is 5.92 Å². The summed E-state index contributed by atoms with van der Waals surface area (Å²) in [4.78, 5) is 23.3. The van der Waals surface area contributed by atoms with Gasteiger partial charge in [0.1, 0.15) is 0 Å². The molecule has 0 aliphatic carbocycles. The van der Waals surface area contributed by atoms with Gasteiger partial charge in [0.05, 0.1) is 13.7 Å². The zero-order valence-corrected chi connectivity index (χ0v) is 16.6. The number of carbonyl (C=O) groups excluding carboxylic acids is 2. The second-order valence-corrected chi connectivity index (χ2v) is 6.70. The predicted octanol–water partition coefficient (Wildman–Crippen LogP) is 4.34. The van der Waals surface area contributed by atoms with Crippen LogP contribution in [0.25, 0.3) is 6.08 Å². The maximum atomic E-state index is 12.2. The summed E-state index contributed by atoms with van der Waals surface area (Å²) in [5.74, 6) is 1.26. The van der Waals surface area contributed by atoms with Gasteiger partial charge in [0, 0.05) is 24.4 Å². The van der Waals surface area contributed by atoms with Crippen molar-refractivity contribution in [2.24, 2.45) is 5.92 Å². The van der Waals surface area contributed by atoms with Crippen molar-refractivity contribution in [1.82, 2.24) is 0 Å². The lowest BCUT2D eigenvalue weighted by Crippen LogP contribution is -2.09. The molecule has 2 N–H and O–H groups in total. The van der Waals surface area contributed by atoms with Crippen LogP contribution in [0.1, 0.15) is 26.3 Å². The number of hydrogen-bond acceptors (Lipinski definition) is 4. The quantitative estimate of drug-likeness (QED) is 0.666. The SMILES string of the molecule is COc1cc(/C=C/C(=O)Nc2cccc(NC(C)=O)c2)ccc1OCC(C)C. The fourth-order valence-corrected chi connectivity index (χ4v) is 2.40. The molecule has 0 aliphatic rings. The van der Waals surface area contributed by atoms with E-state index < -0.39 is 0 Å². The van der Waals surface area contributed by atoms with Gasteiger partial charge in [0.2, 0.25) is 11.8 Å². The first-order chi connectivity index (χ1) is 13.4. The molecule has 0 aliphatic heterocycles. The van der Waals surface area contributed by atoms with Crippen LogP contribution in [0.2, 0.25) is 0 Å². The van der Waals surface area contributed by atoms with E-state index in [1.807, 2.05) is 18.2 Å². The lowest BCUT2D eigenvalue weighted by molar-refractivity contribution is -0.114. The molecule has 2 aromatic rings.